The largest absolute Gasteiger partial charge is 0.382 e. The summed E-state index contributed by atoms with van der Waals surface area (Å²) in [5, 5.41) is 15.4. The molecular weight excluding hydrogens is 316 g/mol. The summed E-state index contributed by atoms with van der Waals surface area (Å²) in [6.07, 6.45) is 0. The van der Waals surface area contributed by atoms with Gasteiger partial charge in [-0.3, -0.25) is 14.9 Å². The lowest BCUT2D eigenvalue weighted by Gasteiger charge is -1.98. The number of nitro groups is 1. The predicted molar refractivity (Wildman–Crippen MR) is 79.9 cm³/mol. The fourth-order valence-corrected chi connectivity index (χ4v) is 3.09. The summed E-state index contributed by atoms with van der Waals surface area (Å²) in [5.41, 5.74) is 6.00. The minimum Gasteiger partial charge on any atom is -0.382 e. The number of nitrogens with zero attached hydrogens (tertiary/aromatic N) is 3. The van der Waals surface area contributed by atoms with Crippen molar-refractivity contribution in [3.63, 3.8) is 0 Å². The summed E-state index contributed by atoms with van der Waals surface area (Å²) in [6, 6.07) is 8.10. The molecule has 0 aliphatic rings. The molecular formula is C12H7ClN4O3S. The van der Waals surface area contributed by atoms with E-state index >= 15 is 0 Å². The van der Waals surface area contributed by atoms with Crippen LogP contribution in [-0.2, 0) is 0 Å². The van der Waals surface area contributed by atoms with E-state index in [9.17, 15) is 14.9 Å². The first-order valence-corrected chi connectivity index (χ1v) is 6.90. The molecule has 7 nitrogen and oxygen atoms in total. The van der Waals surface area contributed by atoms with Crippen LogP contribution in [0.15, 0.2) is 30.3 Å². The van der Waals surface area contributed by atoms with Gasteiger partial charge in [0.1, 0.15) is 4.88 Å². The summed E-state index contributed by atoms with van der Waals surface area (Å²) in [6.45, 7) is 0. The highest BCUT2D eigenvalue weighted by molar-refractivity contribution is 7.18. The van der Waals surface area contributed by atoms with Crippen molar-refractivity contribution in [1.82, 2.24) is 9.78 Å². The maximum absolute atomic E-state index is 12.4. The highest BCUT2D eigenvalue weighted by Gasteiger charge is 2.24. The second-order valence-electron chi connectivity index (χ2n) is 4.15. The van der Waals surface area contributed by atoms with E-state index in [1.165, 1.54) is 0 Å². The molecule has 0 radical (unpaired) electrons. The number of anilines is 1. The standard InChI is InChI=1S/C12H7ClN4O3S/c13-10-8(17(19)20)5-9(21-10)12(18)16-7-4-2-1-3-6(7)11(14)15-16/h1-5H,(H2,14,15). The van der Waals surface area contributed by atoms with Crippen molar-refractivity contribution in [1.29, 1.82) is 0 Å². The molecule has 0 bridgehead atoms. The Kier molecular flexibility index (Phi) is 3.11. The van der Waals surface area contributed by atoms with E-state index in [1.807, 2.05) is 0 Å². The molecule has 106 valence electrons. The van der Waals surface area contributed by atoms with E-state index in [4.69, 9.17) is 17.3 Å². The molecule has 0 saturated heterocycles. The summed E-state index contributed by atoms with van der Waals surface area (Å²) < 4.78 is 1.07. The first-order chi connectivity index (χ1) is 9.99. The van der Waals surface area contributed by atoms with Gasteiger partial charge < -0.3 is 5.73 Å². The number of carbonyl (C=O) groups is 1. The zero-order valence-corrected chi connectivity index (χ0v) is 11.9. The van der Waals surface area contributed by atoms with E-state index in [2.05, 4.69) is 5.10 Å². The minimum absolute atomic E-state index is 0.0483. The van der Waals surface area contributed by atoms with Crippen LogP contribution in [-0.4, -0.2) is 20.6 Å². The third-order valence-electron chi connectivity index (χ3n) is 2.88. The van der Waals surface area contributed by atoms with Gasteiger partial charge in [0.25, 0.3) is 11.6 Å². The third kappa shape index (κ3) is 2.14. The Bertz CT molecular complexity index is 886. The number of nitrogens with two attached hydrogens (primary N) is 1. The number of rotatable bonds is 2. The Hall–Kier alpha value is -2.45. The number of thiophene rings is 1. The van der Waals surface area contributed by atoms with Crippen molar-refractivity contribution in [3.05, 3.63) is 49.7 Å². The van der Waals surface area contributed by atoms with Crippen molar-refractivity contribution >= 4 is 51.3 Å². The van der Waals surface area contributed by atoms with Crippen molar-refractivity contribution in [2.45, 2.75) is 0 Å². The van der Waals surface area contributed by atoms with Crippen LogP contribution in [0, 0.1) is 10.1 Å². The molecule has 0 aliphatic carbocycles. The third-order valence-corrected chi connectivity index (χ3v) is 4.21. The quantitative estimate of drug-likeness (QED) is 0.577. The molecule has 3 rings (SSSR count). The average molecular weight is 323 g/mol. The van der Waals surface area contributed by atoms with Gasteiger partial charge >= 0.3 is 0 Å². The number of halogens is 1. The van der Waals surface area contributed by atoms with Gasteiger partial charge in [0.15, 0.2) is 10.2 Å². The Labute approximate surface area is 126 Å². The van der Waals surface area contributed by atoms with Crippen molar-refractivity contribution in [2.75, 3.05) is 5.73 Å². The Balaban J connectivity index is 2.13. The van der Waals surface area contributed by atoms with E-state index < -0.39 is 10.8 Å². The number of para-hydroxylation sites is 1. The highest BCUT2D eigenvalue weighted by atomic mass is 35.5. The van der Waals surface area contributed by atoms with Gasteiger partial charge in [0.2, 0.25) is 0 Å². The molecule has 2 heterocycles. The maximum Gasteiger partial charge on any atom is 0.299 e. The van der Waals surface area contributed by atoms with Crippen LogP contribution in [0.4, 0.5) is 11.5 Å². The molecule has 2 N–H and O–H groups in total. The molecule has 0 fully saturated rings. The summed E-state index contributed by atoms with van der Waals surface area (Å²) in [7, 11) is 0. The van der Waals surface area contributed by atoms with E-state index in [0.717, 1.165) is 22.1 Å². The van der Waals surface area contributed by atoms with Gasteiger partial charge in [-0.25, -0.2) is 0 Å². The number of hydrogen-bond acceptors (Lipinski definition) is 6. The Morgan fingerprint density at radius 1 is 1.43 bits per heavy atom. The molecule has 0 aliphatic heterocycles. The van der Waals surface area contributed by atoms with Gasteiger partial charge in [-0.1, -0.05) is 23.7 Å². The van der Waals surface area contributed by atoms with Gasteiger partial charge in [-0.05, 0) is 12.1 Å². The summed E-state index contributed by atoms with van der Waals surface area (Å²) in [4.78, 5) is 22.7. The van der Waals surface area contributed by atoms with Gasteiger partial charge in [0.05, 0.1) is 10.4 Å². The number of fused-ring (bicyclic) bond motifs is 1. The molecule has 3 aromatic rings. The molecule has 0 amide bonds. The molecule has 9 heteroatoms. The van der Waals surface area contributed by atoms with E-state index in [-0.39, 0.29) is 20.7 Å². The summed E-state index contributed by atoms with van der Waals surface area (Å²) in [5.74, 6) is -0.293. The van der Waals surface area contributed by atoms with Crippen LogP contribution < -0.4 is 5.73 Å². The number of hydrogen-bond donors (Lipinski definition) is 1. The van der Waals surface area contributed by atoms with Crippen LogP contribution in [0.1, 0.15) is 9.67 Å². The molecule has 0 atom stereocenters. The smallest absolute Gasteiger partial charge is 0.299 e. The first-order valence-electron chi connectivity index (χ1n) is 5.70. The van der Waals surface area contributed by atoms with Crippen LogP contribution in [0.3, 0.4) is 0 Å². The monoisotopic (exact) mass is 322 g/mol. The Morgan fingerprint density at radius 2 is 2.14 bits per heavy atom. The minimum atomic E-state index is -0.634. The van der Waals surface area contributed by atoms with Crippen LogP contribution in [0.2, 0.25) is 4.34 Å². The van der Waals surface area contributed by atoms with Gasteiger partial charge in [-0.15, -0.1) is 16.4 Å². The molecule has 0 spiro atoms. The van der Waals surface area contributed by atoms with Crippen molar-refractivity contribution in [3.8, 4) is 0 Å². The van der Waals surface area contributed by atoms with E-state index in [1.54, 1.807) is 24.3 Å². The van der Waals surface area contributed by atoms with Gasteiger partial charge in [0, 0.05) is 11.5 Å². The molecule has 21 heavy (non-hydrogen) atoms. The normalized spacial score (nSPS) is 10.9. The number of carbonyl (C=O) groups excluding carboxylic acids is 1. The SMILES string of the molecule is Nc1nn(C(=O)c2cc([N+](=O)[O-])c(Cl)s2)c2ccccc12. The first kappa shape index (κ1) is 13.5. The van der Waals surface area contributed by atoms with Crippen molar-refractivity contribution in [2.24, 2.45) is 0 Å². The number of benzene rings is 1. The fourth-order valence-electron chi connectivity index (χ4n) is 1.94. The second-order valence-corrected chi connectivity index (χ2v) is 5.80. The average Bonchev–Trinajstić information content (AvgIpc) is 3.00. The lowest BCUT2D eigenvalue weighted by Crippen LogP contribution is -2.12. The van der Waals surface area contributed by atoms with Crippen LogP contribution in [0.25, 0.3) is 10.9 Å². The van der Waals surface area contributed by atoms with Crippen LogP contribution >= 0.6 is 22.9 Å². The van der Waals surface area contributed by atoms with Crippen LogP contribution in [0.5, 0.6) is 0 Å². The lowest BCUT2D eigenvalue weighted by molar-refractivity contribution is -0.384. The second kappa shape index (κ2) is 4.83. The van der Waals surface area contributed by atoms with Crippen molar-refractivity contribution < 1.29 is 9.72 Å². The molecule has 0 unspecified atom stereocenters. The Morgan fingerprint density at radius 3 is 2.81 bits per heavy atom. The van der Waals surface area contributed by atoms with E-state index in [0.29, 0.717) is 10.9 Å². The summed E-state index contributed by atoms with van der Waals surface area (Å²) >= 11 is 6.60. The zero-order chi connectivity index (χ0) is 15.1. The fraction of sp³-hybridized carbons (Fsp3) is 0. The number of aromatic nitrogens is 2. The lowest BCUT2D eigenvalue weighted by atomic mass is 10.2. The topological polar surface area (TPSA) is 104 Å². The zero-order valence-electron chi connectivity index (χ0n) is 10.3. The molecule has 2 aromatic heterocycles. The number of nitrogen functional groups attached to an aromatic ring is 1. The van der Waals surface area contributed by atoms with Gasteiger partial charge in [-0.2, -0.15) is 4.68 Å². The molecule has 1 aromatic carbocycles. The maximum atomic E-state index is 12.4. The predicted octanol–water partition coefficient (Wildman–Crippen LogP) is 2.93. The molecule has 0 saturated carbocycles. The highest BCUT2D eigenvalue weighted by Crippen LogP contribution is 2.34.